The molecule has 0 heterocycles. The van der Waals surface area contributed by atoms with Crippen LogP contribution in [-0.2, 0) is 14.3 Å². The van der Waals surface area contributed by atoms with E-state index in [0.717, 1.165) is 3.57 Å². The number of hydrogen-bond donors (Lipinski definition) is 1. The van der Waals surface area contributed by atoms with Crippen LogP contribution in [0.25, 0.3) is 0 Å². The highest BCUT2D eigenvalue weighted by molar-refractivity contribution is 14.1. The Morgan fingerprint density at radius 1 is 1.24 bits per heavy atom. The fourth-order valence-electron chi connectivity index (χ4n) is 1.74. The minimum Gasteiger partial charge on any atom is -0.484 e. The van der Waals surface area contributed by atoms with Crippen LogP contribution in [0.4, 0.5) is 0 Å². The number of amides is 1. The van der Waals surface area contributed by atoms with Crippen LogP contribution in [0.1, 0.15) is 20.3 Å². The van der Waals surface area contributed by atoms with E-state index >= 15 is 0 Å². The van der Waals surface area contributed by atoms with Gasteiger partial charge < -0.3 is 14.8 Å². The van der Waals surface area contributed by atoms with Crippen molar-refractivity contribution in [3.8, 4) is 5.75 Å². The third-order valence-corrected chi connectivity index (χ3v) is 3.43. The molecule has 0 bridgehead atoms. The minimum atomic E-state index is -0.636. The summed E-state index contributed by atoms with van der Waals surface area (Å²) in [5, 5.41) is 2.64. The van der Waals surface area contributed by atoms with Crippen LogP contribution in [0.15, 0.2) is 24.3 Å². The van der Waals surface area contributed by atoms with Gasteiger partial charge in [-0.2, -0.15) is 0 Å². The summed E-state index contributed by atoms with van der Waals surface area (Å²) < 4.78 is 11.2. The second-order valence-corrected chi connectivity index (χ2v) is 6.26. The zero-order valence-corrected chi connectivity index (χ0v) is 14.5. The number of ether oxygens (including phenoxy) is 2. The minimum absolute atomic E-state index is 0.133. The highest BCUT2D eigenvalue weighted by atomic mass is 127. The van der Waals surface area contributed by atoms with E-state index in [-0.39, 0.29) is 18.4 Å². The van der Waals surface area contributed by atoms with Gasteiger partial charge >= 0.3 is 5.97 Å². The van der Waals surface area contributed by atoms with Crippen molar-refractivity contribution in [2.75, 3.05) is 13.7 Å². The Labute approximate surface area is 138 Å². The van der Waals surface area contributed by atoms with Crippen molar-refractivity contribution in [1.29, 1.82) is 0 Å². The number of halogens is 1. The molecular weight excluding hydrogens is 385 g/mol. The van der Waals surface area contributed by atoms with Gasteiger partial charge in [0.05, 0.1) is 7.11 Å². The molecule has 0 saturated heterocycles. The summed E-state index contributed by atoms with van der Waals surface area (Å²) in [6.07, 6.45) is 0.530. The van der Waals surface area contributed by atoms with Gasteiger partial charge in [0.2, 0.25) is 0 Å². The van der Waals surface area contributed by atoms with E-state index in [1.54, 1.807) is 12.1 Å². The van der Waals surface area contributed by atoms with E-state index in [9.17, 15) is 9.59 Å². The number of hydrogen-bond acceptors (Lipinski definition) is 4. The average Bonchev–Trinajstić information content (AvgIpc) is 2.44. The third kappa shape index (κ3) is 6.79. The zero-order valence-electron chi connectivity index (χ0n) is 12.4. The third-order valence-electron chi connectivity index (χ3n) is 2.71. The van der Waals surface area contributed by atoms with Crippen LogP contribution in [0.2, 0.25) is 0 Å². The zero-order chi connectivity index (χ0) is 15.8. The molecule has 1 atom stereocenters. The molecule has 0 aliphatic heterocycles. The summed E-state index contributed by atoms with van der Waals surface area (Å²) in [4.78, 5) is 23.5. The van der Waals surface area contributed by atoms with E-state index in [1.165, 1.54) is 7.11 Å². The molecule has 0 spiro atoms. The summed E-state index contributed by atoms with van der Waals surface area (Å²) >= 11 is 2.19. The van der Waals surface area contributed by atoms with Crippen LogP contribution in [0.3, 0.4) is 0 Å². The molecule has 0 aliphatic carbocycles. The first-order valence-electron chi connectivity index (χ1n) is 6.68. The van der Waals surface area contributed by atoms with Crippen LogP contribution >= 0.6 is 22.6 Å². The molecule has 116 valence electrons. The highest BCUT2D eigenvalue weighted by Crippen LogP contribution is 2.13. The molecule has 1 amide bonds. The summed E-state index contributed by atoms with van der Waals surface area (Å²) in [6.45, 7) is 3.82. The van der Waals surface area contributed by atoms with Crippen LogP contribution in [0.5, 0.6) is 5.75 Å². The summed E-state index contributed by atoms with van der Waals surface area (Å²) in [7, 11) is 1.31. The summed E-state index contributed by atoms with van der Waals surface area (Å²) in [5.41, 5.74) is 0. The van der Waals surface area contributed by atoms with Gasteiger partial charge in [0, 0.05) is 3.57 Å². The SMILES string of the molecule is COC(=O)C(CC(C)C)NC(=O)COc1ccc(I)cc1. The summed E-state index contributed by atoms with van der Waals surface area (Å²) in [5.74, 6) is 0.103. The molecule has 1 aromatic rings. The fourth-order valence-corrected chi connectivity index (χ4v) is 2.10. The number of nitrogens with one attached hydrogen (secondary N) is 1. The fraction of sp³-hybridized carbons (Fsp3) is 0.467. The Morgan fingerprint density at radius 3 is 2.38 bits per heavy atom. The van der Waals surface area contributed by atoms with Gasteiger partial charge in [-0.1, -0.05) is 13.8 Å². The standard InChI is InChI=1S/C15H20INO4/c1-10(2)8-13(15(19)20-3)17-14(18)9-21-12-6-4-11(16)5-7-12/h4-7,10,13H,8-9H2,1-3H3,(H,17,18). The van der Waals surface area contributed by atoms with Gasteiger partial charge in [-0.25, -0.2) is 4.79 Å². The molecule has 5 nitrogen and oxygen atoms in total. The largest absolute Gasteiger partial charge is 0.484 e. The Morgan fingerprint density at radius 2 is 1.86 bits per heavy atom. The molecular formula is C15H20INO4. The van der Waals surface area contributed by atoms with E-state index < -0.39 is 12.0 Å². The quantitative estimate of drug-likeness (QED) is 0.559. The van der Waals surface area contributed by atoms with Crippen molar-refractivity contribution in [2.45, 2.75) is 26.3 Å². The maximum Gasteiger partial charge on any atom is 0.328 e. The van der Waals surface area contributed by atoms with Crippen LogP contribution in [-0.4, -0.2) is 31.6 Å². The van der Waals surface area contributed by atoms with Gasteiger partial charge in [0.15, 0.2) is 6.61 Å². The average molecular weight is 405 g/mol. The molecule has 6 heteroatoms. The maximum absolute atomic E-state index is 11.9. The first-order valence-corrected chi connectivity index (χ1v) is 7.75. The van der Waals surface area contributed by atoms with E-state index in [2.05, 4.69) is 27.9 Å². The lowest BCUT2D eigenvalue weighted by atomic mass is 10.0. The molecule has 1 rings (SSSR count). The van der Waals surface area contributed by atoms with Gasteiger partial charge in [0.25, 0.3) is 5.91 Å². The lowest BCUT2D eigenvalue weighted by Crippen LogP contribution is -2.44. The number of benzene rings is 1. The van der Waals surface area contributed by atoms with Gasteiger partial charge in [-0.15, -0.1) is 0 Å². The molecule has 0 aromatic heterocycles. The summed E-state index contributed by atoms with van der Waals surface area (Å²) in [6, 6.07) is 6.73. The van der Waals surface area contributed by atoms with E-state index in [1.807, 2.05) is 26.0 Å². The molecule has 0 radical (unpaired) electrons. The first-order chi connectivity index (χ1) is 9.92. The molecule has 1 N–H and O–H groups in total. The second kappa shape index (κ2) is 8.86. The lowest BCUT2D eigenvalue weighted by Gasteiger charge is -2.18. The van der Waals surface area contributed by atoms with Crippen molar-refractivity contribution >= 4 is 34.5 Å². The lowest BCUT2D eigenvalue weighted by molar-refractivity contribution is -0.145. The number of rotatable bonds is 7. The normalized spacial score (nSPS) is 11.9. The number of esters is 1. The first kappa shape index (κ1) is 17.7. The topological polar surface area (TPSA) is 64.6 Å². The number of carbonyl (C=O) groups excluding carboxylic acids is 2. The Kier molecular flexibility index (Phi) is 7.49. The molecule has 21 heavy (non-hydrogen) atoms. The van der Waals surface area contributed by atoms with E-state index in [4.69, 9.17) is 9.47 Å². The van der Waals surface area contributed by atoms with Crippen molar-refractivity contribution in [3.63, 3.8) is 0 Å². The van der Waals surface area contributed by atoms with Crippen molar-refractivity contribution in [3.05, 3.63) is 27.8 Å². The smallest absolute Gasteiger partial charge is 0.328 e. The predicted octanol–water partition coefficient (Wildman–Crippen LogP) is 2.37. The highest BCUT2D eigenvalue weighted by Gasteiger charge is 2.22. The van der Waals surface area contributed by atoms with Crippen molar-refractivity contribution in [1.82, 2.24) is 5.32 Å². The molecule has 0 fully saturated rings. The Hall–Kier alpha value is -1.31. The van der Waals surface area contributed by atoms with Gasteiger partial charge in [-0.3, -0.25) is 4.79 Å². The Balaban J connectivity index is 2.49. The Bertz CT molecular complexity index is 473. The van der Waals surface area contributed by atoms with Crippen LogP contribution in [0, 0.1) is 9.49 Å². The van der Waals surface area contributed by atoms with E-state index in [0.29, 0.717) is 12.2 Å². The maximum atomic E-state index is 11.9. The second-order valence-electron chi connectivity index (χ2n) is 5.02. The molecule has 0 saturated carbocycles. The monoisotopic (exact) mass is 405 g/mol. The van der Waals surface area contributed by atoms with Crippen LogP contribution < -0.4 is 10.1 Å². The molecule has 1 aromatic carbocycles. The predicted molar refractivity (Wildman–Crippen MR) is 88.1 cm³/mol. The van der Waals surface area contributed by atoms with Crippen molar-refractivity contribution in [2.24, 2.45) is 5.92 Å². The van der Waals surface area contributed by atoms with Crippen molar-refractivity contribution < 1.29 is 19.1 Å². The van der Waals surface area contributed by atoms with Gasteiger partial charge in [-0.05, 0) is 59.2 Å². The number of methoxy groups -OCH3 is 1. The molecule has 0 aliphatic rings. The van der Waals surface area contributed by atoms with Gasteiger partial charge in [0.1, 0.15) is 11.8 Å². The molecule has 1 unspecified atom stereocenters. The number of carbonyl (C=O) groups is 2.